The van der Waals surface area contributed by atoms with E-state index in [9.17, 15) is 36.3 Å². The maximum atomic E-state index is 14.9. The molecule has 1 aliphatic heterocycles. The third-order valence-corrected chi connectivity index (χ3v) is 4.72. The molecule has 1 amide bonds. The van der Waals surface area contributed by atoms with Crippen molar-refractivity contribution in [3.63, 3.8) is 0 Å². The van der Waals surface area contributed by atoms with Crippen LogP contribution in [-0.2, 0) is 11.3 Å². The molecule has 3 rings (SSSR count). The van der Waals surface area contributed by atoms with Crippen molar-refractivity contribution in [2.24, 2.45) is 0 Å². The second-order valence-corrected chi connectivity index (χ2v) is 8.56. The summed E-state index contributed by atoms with van der Waals surface area (Å²) in [6.07, 6.45) is -3.57. The minimum atomic E-state index is -5.76. The first-order chi connectivity index (χ1) is 15.5. The standard InChI is InChI=1S/C20H21F6N5O3/c1-18(2,3)34-17(32)29(4)12-6-13(21)16(31(33)9-12)14-5-11-7-28-30(15(11)8-27-14)10-19(22,23)20(24,25)26/h5-8,33H,9-10H2,1-4H3. The van der Waals surface area contributed by atoms with Crippen molar-refractivity contribution in [2.45, 2.75) is 45.0 Å². The van der Waals surface area contributed by atoms with Gasteiger partial charge in [0.2, 0.25) is 0 Å². The molecule has 0 aromatic carbocycles. The van der Waals surface area contributed by atoms with Gasteiger partial charge in [-0.25, -0.2) is 14.2 Å². The summed E-state index contributed by atoms with van der Waals surface area (Å²) in [7, 11) is 1.33. The van der Waals surface area contributed by atoms with Crippen molar-refractivity contribution in [3.05, 3.63) is 41.8 Å². The van der Waals surface area contributed by atoms with Gasteiger partial charge in [-0.05, 0) is 32.9 Å². The van der Waals surface area contributed by atoms with Gasteiger partial charge in [0, 0.05) is 18.1 Å². The number of alkyl halides is 5. The Bertz CT molecular complexity index is 1170. The molecule has 0 radical (unpaired) electrons. The second-order valence-electron chi connectivity index (χ2n) is 8.56. The molecule has 0 atom stereocenters. The zero-order chi connectivity index (χ0) is 25.6. The smallest absolute Gasteiger partial charge is 0.443 e. The molecule has 0 aliphatic carbocycles. The normalized spacial score (nSPS) is 15.6. The number of likely N-dealkylation sites (N-methyl/N-ethyl adjacent to an activating group) is 1. The lowest BCUT2D eigenvalue weighted by Crippen LogP contribution is -2.40. The van der Waals surface area contributed by atoms with Gasteiger partial charge in [0.25, 0.3) is 0 Å². The lowest BCUT2D eigenvalue weighted by molar-refractivity contribution is -0.287. The average Bonchev–Trinajstić information content (AvgIpc) is 3.06. The number of carbonyl (C=O) groups excluding carboxylic acids is 1. The summed E-state index contributed by atoms with van der Waals surface area (Å²) in [5, 5.41) is 14.5. The van der Waals surface area contributed by atoms with Crippen LogP contribution in [0, 0.1) is 0 Å². The average molecular weight is 493 g/mol. The first kappa shape index (κ1) is 25.3. The molecule has 0 saturated heterocycles. The Labute approximate surface area is 189 Å². The summed E-state index contributed by atoms with van der Waals surface area (Å²) < 4.78 is 84.9. The first-order valence-corrected chi connectivity index (χ1v) is 9.80. The van der Waals surface area contributed by atoms with Crippen LogP contribution in [0.25, 0.3) is 16.6 Å². The molecule has 1 N–H and O–H groups in total. The molecule has 2 aromatic heterocycles. The lowest BCUT2D eigenvalue weighted by atomic mass is 10.1. The first-order valence-electron chi connectivity index (χ1n) is 9.80. The highest BCUT2D eigenvalue weighted by Gasteiger charge is 2.57. The molecule has 34 heavy (non-hydrogen) atoms. The van der Waals surface area contributed by atoms with E-state index >= 15 is 0 Å². The Morgan fingerprint density at radius 3 is 2.41 bits per heavy atom. The van der Waals surface area contributed by atoms with Gasteiger partial charge in [0.1, 0.15) is 17.8 Å². The van der Waals surface area contributed by atoms with Crippen LogP contribution in [0.3, 0.4) is 0 Å². The number of pyridine rings is 1. The number of carbonyl (C=O) groups is 1. The van der Waals surface area contributed by atoms with Gasteiger partial charge < -0.3 is 4.74 Å². The molecule has 2 aromatic rings. The number of hydrogen-bond donors (Lipinski definition) is 1. The summed E-state index contributed by atoms with van der Waals surface area (Å²) in [5.74, 6) is -5.99. The Hall–Kier alpha value is -3.29. The molecule has 14 heteroatoms. The van der Waals surface area contributed by atoms with Crippen LogP contribution in [0.5, 0.6) is 0 Å². The number of nitrogens with zero attached hydrogens (tertiary/aromatic N) is 5. The van der Waals surface area contributed by atoms with E-state index in [1.165, 1.54) is 13.1 Å². The molecule has 0 unspecified atom stereocenters. The van der Waals surface area contributed by atoms with Gasteiger partial charge in [0.15, 0.2) is 5.83 Å². The Kier molecular flexibility index (Phi) is 6.33. The fourth-order valence-corrected chi connectivity index (χ4v) is 3.03. The number of amides is 1. The Morgan fingerprint density at radius 2 is 1.85 bits per heavy atom. The van der Waals surface area contributed by atoms with E-state index in [4.69, 9.17) is 4.74 Å². The quantitative estimate of drug-likeness (QED) is 0.621. The van der Waals surface area contributed by atoms with E-state index in [1.807, 2.05) is 0 Å². The van der Waals surface area contributed by atoms with Crippen molar-refractivity contribution in [1.29, 1.82) is 0 Å². The van der Waals surface area contributed by atoms with E-state index in [0.29, 0.717) is 9.75 Å². The summed E-state index contributed by atoms with van der Waals surface area (Å²) in [6.45, 7) is 2.87. The Morgan fingerprint density at radius 1 is 1.21 bits per heavy atom. The van der Waals surface area contributed by atoms with Crippen molar-refractivity contribution in [1.82, 2.24) is 24.7 Å². The van der Waals surface area contributed by atoms with Crippen LogP contribution >= 0.6 is 0 Å². The van der Waals surface area contributed by atoms with Gasteiger partial charge in [-0.3, -0.25) is 19.8 Å². The third-order valence-electron chi connectivity index (χ3n) is 4.72. The van der Waals surface area contributed by atoms with Gasteiger partial charge in [-0.15, -0.1) is 0 Å². The monoisotopic (exact) mass is 493 g/mol. The lowest BCUT2D eigenvalue weighted by Gasteiger charge is -2.31. The zero-order valence-corrected chi connectivity index (χ0v) is 18.5. The highest BCUT2D eigenvalue weighted by molar-refractivity contribution is 5.82. The molecular weight excluding hydrogens is 472 g/mol. The molecule has 0 saturated carbocycles. The number of hydrogen-bond acceptors (Lipinski definition) is 6. The van der Waals surface area contributed by atoms with Gasteiger partial charge in [0.05, 0.1) is 30.1 Å². The summed E-state index contributed by atoms with van der Waals surface area (Å²) in [6, 6.07) is 1.18. The van der Waals surface area contributed by atoms with E-state index in [-0.39, 0.29) is 28.8 Å². The number of aromatic nitrogens is 3. The van der Waals surface area contributed by atoms with Crippen LogP contribution in [0.4, 0.5) is 31.1 Å². The van der Waals surface area contributed by atoms with Crippen molar-refractivity contribution in [2.75, 3.05) is 13.6 Å². The Balaban J connectivity index is 1.91. The molecule has 186 valence electrons. The predicted molar refractivity (Wildman–Crippen MR) is 107 cm³/mol. The van der Waals surface area contributed by atoms with Crippen molar-refractivity contribution in [3.8, 4) is 0 Å². The molecule has 0 bridgehead atoms. The summed E-state index contributed by atoms with van der Waals surface area (Å²) in [4.78, 5) is 17.1. The van der Waals surface area contributed by atoms with E-state index < -0.39 is 41.9 Å². The SMILES string of the molecule is CN(C(=O)OC(C)(C)C)C1=CC(F)=C(c2cc3cnn(CC(F)(F)C(F)(F)F)c3cn2)N(O)C1. The number of rotatable bonds is 4. The summed E-state index contributed by atoms with van der Waals surface area (Å²) in [5.41, 5.74) is -1.40. The molecule has 8 nitrogen and oxygen atoms in total. The molecule has 0 spiro atoms. The molecular formula is C20H21F6N5O3. The predicted octanol–water partition coefficient (Wildman–Crippen LogP) is 4.72. The maximum Gasteiger partial charge on any atom is 0.455 e. The van der Waals surface area contributed by atoms with Crippen LogP contribution < -0.4 is 0 Å². The molecule has 0 fully saturated rings. The fraction of sp³-hybridized carbons (Fsp3) is 0.450. The number of fused-ring (bicyclic) bond motifs is 1. The number of halogens is 6. The van der Waals surface area contributed by atoms with Crippen LogP contribution in [0.2, 0.25) is 0 Å². The highest BCUT2D eigenvalue weighted by atomic mass is 19.4. The number of allylic oxidation sites excluding steroid dienone is 2. The van der Waals surface area contributed by atoms with E-state index in [2.05, 4.69) is 10.1 Å². The van der Waals surface area contributed by atoms with Crippen LogP contribution in [0.1, 0.15) is 26.5 Å². The minimum absolute atomic E-state index is 0.0706. The third kappa shape index (κ3) is 5.11. The van der Waals surface area contributed by atoms with Crippen LogP contribution in [-0.4, -0.2) is 67.3 Å². The van der Waals surface area contributed by atoms with Crippen molar-refractivity contribution >= 4 is 22.7 Å². The maximum absolute atomic E-state index is 14.9. The van der Waals surface area contributed by atoms with Gasteiger partial charge in [-0.1, -0.05) is 0 Å². The van der Waals surface area contributed by atoms with Crippen molar-refractivity contribution < 1.29 is 41.1 Å². The van der Waals surface area contributed by atoms with Gasteiger partial charge in [-0.2, -0.15) is 27.1 Å². The van der Waals surface area contributed by atoms with Crippen LogP contribution in [0.15, 0.2) is 36.1 Å². The summed E-state index contributed by atoms with van der Waals surface area (Å²) >= 11 is 0. The molecule has 3 heterocycles. The van der Waals surface area contributed by atoms with Gasteiger partial charge >= 0.3 is 18.2 Å². The second kappa shape index (κ2) is 8.49. The number of hydroxylamine groups is 2. The number of ether oxygens (including phenoxy) is 1. The zero-order valence-electron chi connectivity index (χ0n) is 18.5. The highest BCUT2D eigenvalue weighted by Crippen LogP contribution is 2.37. The largest absolute Gasteiger partial charge is 0.455 e. The van der Waals surface area contributed by atoms with E-state index in [1.54, 1.807) is 20.8 Å². The fourth-order valence-electron chi connectivity index (χ4n) is 3.03. The molecule has 1 aliphatic rings. The van der Waals surface area contributed by atoms with E-state index in [0.717, 1.165) is 23.4 Å². The topological polar surface area (TPSA) is 83.7 Å². The minimum Gasteiger partial charge on any atom is -0.443 e.